The molecule has 0 aliphatic carbocycles. The third-order valence-corrected chi connectivity index (χ3v) is 1.27. The number of rotatable bonds is 0. The fourth-order valence-electron chi connectivity index (χ4n) is 0.806. The molecule has 0 bridgehead atoms. The Labute approximate surface area is 55.1 Å². The fourth-order valence-corrected chi connectivity index (χ4v) is 0.806. The second kappa shape index (κ2) is 2.82. The summed E-state index contributed by atoms with van der Waals surface area (Å²) in [5.74, 6) is 0.875. The lowest BCUT2D eigenvalue weighted by molar-refractivity contribution is 0.0862. The number of nitrogens with one attached hydrogen (secondary N) is 1. The van der Waals surface area contributed by atoms with Crippen molar-refractivity contribution in [2.75, 3.05) is 6.61 Å². The molecule has 3 heteroatoms. The molecule has 0 spiro atoms. The van der Waals surface area contributed by atoms with Gasteiger partial charge >= 0.3 is 0 Å². The SMILES string of the molecule is CC1=NC(C)CCON1. The lowest BCUT2D eigenvalue weighted by Crippen LogP contribution is -2.18. The second-order valence-corrected chi connectivity index (χ2v) is 2.30. The van der Waals surface area contributed by atoms with Crippen molar-refractivity contribution in [2.45, 2.75) is 26.3 Å². The van der Waals surface area contributed by atoms with Crippen LogP contribution in [0.25, 0.3) is 0 Å². The minimum Gasteiger partial charge on any atom is -0.275 e. The summed E-state index contributed by atoms with van der Waals surface area (Å²) in [5, 5.41) is 0. The molecule has 0 saturated carbocycles. The highest BCUT2D eigenvalue weighted by Gasteiger charge is 2.04. The summed E-state index contributed by atoms with van der Waals surface area (Å²) >= 11 is 0. The molecule has 1 rings (SSSR count). The normalized spacial score (nSPS) is 28.2. The molecule has 0 aromatic carbocycles. The van der Waals surface area contributed by atoms with E-state index in [1.807, 2.05) is 6.92 Å². The minimum atomic E-state index is 0.403. The zero-order chi connectivity index (χ0) is 6.69. The number of aliphatic imine (C=N–C) groups is 1. The highest BCUT2D eigenvalue weighted by Crippen LogP contribution is 1.99. The third-order valence-electron chi connectivity index (χ3n) is 1.27. The highest BCUT2D eigenvalue weighted by atomic mass is 16.6. The molecule has 0 amide bonds. The van der Waals surface area contributed by atoms with E-state index in [0.717, 1.165) is 18.9 Å². The first-order valence-corrected chi connectivity index (χ1v) is 3.21. The van der Waals surface area contributed by atoms with Crippen LogP contribution in [0.2, 0.25) is 0 Å². The third kappa shape index (κ3) is 2.01. The summed E-state index contributed by atoms with van der Waals surface area (Å²) in [5.41, 5.74) is 2.72. The number of hydrogen-bond donors (Lipinski definition) is 1. The van der Waals surface area contributed by atoms with Crippen LogP contribution in [-0.4, -0.2) is 18.5 Å². The van der Waals surface area contributed by atoms with E-state index < -0.39 is 0 Å². The van der Waals surface area contributed by atoms with E-state index in [-0.39, 0.29) is 0 Å². The second-order valence-electron chi connectivity index (χ2n) is 2.30. The average molecular weight is 128 g/mol. The molecule has 1 unspecified atom stereocenters. The Hall–Kier alpha value is -0.570. The van der Waals surface area contributed by atoms with Gasteiger partial charge in [-0.05, 0) is 20.3 Å². The van der Waals surface area contributed by atoms with Gasteiger partial charge in [-0.25, -0.2) is 0 Å². The van der Waals surface area contributed by atoms with Crippen molar-refractivity contribution in [2.24, 2.45) is 4.99 Å². The summed E-state index contributed by atoms with van der Waals surface area (Å²) in [7, 11) is 0. The van der Waals surface area contributed by atoms with Crippen molar-refractivity contribution >= 4 is 5.84 Å². The quantitative estimate of drug-likeness (QED) is 0.521. The maximum absolute atomic E-state index is 5.00. The summed E-state index contributed by atoms with van der Waals surface area (Å²) < 4.78 is 0. The standard InChI is InChI=1S/C6H12N2O/c1-5-3-4-9-8-6(2)7-5/h5H,3-4H2,1-2H3,(H,7,8). The van der Waals surface area contributed by atoms with Gasteiger partial charge < -0.3 is 0 Å². The monoisotopic (exact) mass is 128 g/mol. The average Bonchev–Trinajstić information content (AvgIpc) is 1.93. The first-order chi connectivity index (χ1) is 4.29. The van der Waals surface area contributed by atoms with Crippen molar-refractivity contribution in [1.29, 1.82) is 0 Å². The Morgan fingerprint density at radius 2 is 2.56 bits per heavy atom. The van der Waals surface area contributed by atoms with Gasteiger partial charge in [-0.15, -0.1) is 0 Å². The molecule has 3 nitrogen and oxygen atoms in total. The van der Waals surface area contributed by atoms with Crippen LogP contribution in [0.1, 0.15) is 20.3 Å². The van der Waals surface area contributed by atoms with Gasteiger partial charge in [-0.3, -0.25) is 15.3 Å². The lowest BCUT2D eigenvalue weighted by atomic mass is 10.3. The molecule has 1 N–H and O–H groups in total. The maximum atomic E-state index is 5.00. The Morgan fingerprint density at radius 1 is 1.78 bits per heavy atom. The number of hydroxylamine groups is 1. The first-order valence-electron chi connectivity index (χ1n) is 3.21. The van der Waals surface area contributed by atoms with Crippen molar-refractivity contribution in [1.82, 2.24) is 5.48 Å². The maximum Gasteiger partial charge on any atom is 0.117 e. The van der Waals surface area contributed by atoms with Gasteiger partial charge in [0.25, 0.3) is 0 Å². The lowest BCUT2D eigenvalue weighted by Gasteiger charge is -1.98. The topological polar surface area (TPSA) is 33.6 Å². The van der Waals surface area contributed by atoms with Crippen LogP contribution < -0.4 is 5.48 Å². The summed E-state index contributed by atoms with van der Waals surface area (Å²) in [6.45, 7) is 4.74. The Morgan fingerprint density at radius 3 is 3.33 bits per heavy atom. The van der Waals surface area contributed by atoms with Gasteiger partial charge in [0.05, 0.1) is 12.6 Å². The molecule has 1 aliphatic heterocycles. The molecule has 0 saturated heterocycles. The van der Waals surface area contributed by atoms with E-state index >= 15 is 0 Å². The van der Waals surface area contributed by atoms with Gasteiger partial charge in [0.1, 0.15) is 5.84 Å². The van der Waals surface area contributed by atoms with Crippen molar-refractivity contribution in [3.05, 3.63) is 0 Å². The largest absolute Gasteiger partial charge is 0.275 e. The van der Waals surface area contributed by atoms with E-state index in [1.54, 1.807) is 0 Å². The van der Waals surface area contributed by atoms with Crippen LogP contribution in [0.4, 0.5) is 0 Å². The zero-order valence-corrected chi connectivity index (χ0v) is 5.85. The molecule has 0 aromatic heterocycles. The Bertz CT molecular complexity index is 122. The van der Waals surface area contributed by atoms with E-state index in [0.29, 0.717) is 6.04 Å². The molecule has 0 fully saturated rings. The summed E-state index contributed by atoms with van der Waals surface area (Å²) in [6, 6.07) is 0.403. The predicted octanol–water partition coefficient (Wildman–Crippen LogP) is 0.718. The molecular weight excluding hydrogens is 116 g/mol. The number of nitrogens with zero attached hydrogens (tertiary/aromatic N) is 1. The number of amidine groups is 1. The smallest absolute Gasteiger partial charge is 0.117 e. The zero-order valence-electron chi connectivity index (χ0n) is 5.85. The molecule has 1 aliphatic rings. The Balaban J connectivity index is 2.49. The summed E-state index contributed by atoms with van der Waals surface area (Å²) in [4.78, 5) is 9.25. The van der Waals surface area contributed by atoms with E-state index in [4.69, 9.17) is 4.84 Å². The molecule has 0 radical (unpaired) electrons. The van der Waals surface area contributed by atoms with Crippen LogP contribution in [0, 0.1) is 0 Å². The van der Waals surface area contributed by atoms with Crippen LogP contribution in [0.5, 0.6) is 0 Å². The molecule has 52 valence electrons. The van der Waals surface area contributed by atoms with Crippen LogP contribution in [-0.2, 0) is 4.84 Å². The predicted molar refractivity (Wildman–Crippen MR) is 36.3 cm³/mol. The Kier molecular flexibility index (Phi) is 2.05. The molecular formula is C6H12N2O. The summed E-state index contributed by atoms with van der Waals surface area (Å²) in [6.07, 6.45) is 1.00. The van der Waals surface area contributed by atoms with Crippen molar-refractivity contribution < 1.29 is 4.84 Å². The van der Waals surface area contributed by atoms with Crippen molar-refractivity contribution in [3.63, 3.8) is 0 Å². The van der Waals surface area contributed by atoms with Crippen LogP contribution in [0.3, 0.4) is 0 Å². The fraction of sp³-hybridized carbons (Fsp3) is 0.833. The van der Waals surface area contributed by atoms with Crippen molar-refractivity contribution in [3.8, 4) is 0 Å². The van der Waals surface area contributed by atoms with E-state index in [9.17, 15) is 0 Å². The molecule has 1 heterocycles. The van der Waals surface area contributed by atoms with Gasteiger partial charge in [0.2, 0.25) is 0 Å². The van der Waals surface area contributed by atoms with E-state index in [2.05, 4.69) is 17.4 Å². The van der Waals surface area contributed by atoms with Crippen LogP contribution in [0.15, 0.2) is 4.99 Å². The van der Waals surface area contributed by atoms with Gasteiger partial charge in [-0.2, -0.15) is 0 Å². The highest BCUT2D eigenvalue weighted by molar-refractivity contribution is 5.78. The minimum absolute atomic E-state index is 0.403. The molecule has 1 atom stereocenters. The van der Waals surface area contributed by atoms with Gasteiger partial charge in [0.15, 0.2) is 0 Å². The first kappa shape index (κ1) is 6.55. The number of hydrogen-bond acceptors (Lipinski definition) is 3. The van der Waals surface area contributed by atoms with Gasteiger partial charge in [0, 0.05) is 0 Å². The van der Waals surface area contributed by atoms with Gasteiger partial charge in [-0.1, -0.05) is 0 Å². The van der Waals surface area contributed by atoms with E-state index in [1.165, 1.54) is 0 Å². The molecule has 9 heavy (non-hydrogen) atoms. The van der Waals surface area contributed by atoms with Crippen LogP contribution >= 0.6 is 0 Å². The molecule has 0 aromatic rings.